The van der Waals surface area contributed by atoms with E-state index >= 15 is 0 Å². The molecular weight excluding hydrogens is 440 g/mol. The normalized spacial score (nSPS) is 16.1. The van der Waals surface area contributed by atoms with E-state index in [1.807, 2.05) is 41.4 Å². The van der Waals surface area contributed by atoms with E-state index in [2.05, 4.69) is 22.1 Å². The Labute approximate surface area is 205 Å². The van der Waals surface area contributed by atoms with Gasteiger partial charge in [0.15, 0.2) is 11.5 Å². The van der Waals surface area contributed by atoms with Gasteiger partial charge in [0, 0.05) is 42.1 Å². The Morgan fingerprint density at radius 3 is 2.86 bits per heavy atom. The van der Waals surface area contributed by atoms with Crippen molar-refractivity contribution in [3.05, 3.63) is 83.9 Å². The third kappa shape index (κ3) is 5.45. The zero-order valence-corrected chi connectivity index (χ0v) is 19.9. The lowest BCUT2D eigenvalue weighted by Crippen LogP contribution is -2.32. The molecule has 4 aromatic rings. The summed E-state index contributed by atoms with van der Waals surface area (Å²) in [6, 6.07) is 17.4. The van der Waals surface area contributed by atoms with Crippen molar-refractivity contribution >= 4 is 16.9 Å². The smallest absolute Gasteiger partial charge is 0.253 e. The van der Waals surface area contributed by atoms with E-state index in [-0.39, 0.29) is 5.91 Å². The first-order chi connectivity index (χ1) is 17.2. The van der Waals surface area contributed by atoms with Gasteiger partial charge in [-0.2, -0.15) is 0 Å². The van der Waals surface area contributed by atoms with Crippen LogP contribution >= 0.6 is 0 Å². The Kier molecular flexibility index (Phi) is 6.93. The topological polar surface area (TPSA) is 80.3 Å². The molecule has 4 heterocycles. The summed E-state index contributed by atoms with van der Waals surface area (Å²) >= 11 is 0. The van der Waals surface area contributed by atoms with E-state index in [0.717, 1.165) is 61.2 Å². The minimum absolute atomic E-state index is 0.0296. The Bertz CT molecular complexity index is 1290. The lowest BCUT2D eigenvalue weighted by molar-refractivity contribution is 0.0759. The molecule has 180 valence electrons. The summed E-state index contributed by atoms with van der Waals surface area (Å²) in [5.41, 5.74) is 3.47. The SMILES string of the molecule is COc1ccc(C(=O)N2CCC[C@H](Cc3ccc4cc[nH]c4n3)CC2)cc1OCc1ccccn1. The van der Waals surface area contributed by atoms with Crippen LogP contribution in [0.5, 0.6) is 11.5 Å². The maximum Gasteiger partial charge on any atom is 0.253 e. The Morgan fingerprint density at radius 1 is 1.06 bits per heavy atom. The van der Waals surface area contributed by atoms with Crippen molar-refractivity contribution in [1.29, 1.82) is 0 Å². The zero-order chi connectivity index (χ0) is 24.0. The molecule has 35 heavy (non-hydrogen) atoms. The molecule has 5 rings (SSSR count). The number of hydrogen-bond donors (Lipinski definition) is 1. The number of benzene rings is 1. The standard InChI is InChI=1S/C28H30N4O3/c1-34-25-10-8-22(18-26(25)35-19-24-6-2-3-13-29-24)28(33)32-15-4-5-20(12-16-32)17-23-9-7-21-11-14-30-27(21)31-23/h2-3,6-11,13-14,18,20H,4-5,12,15-17,19H2,1H3,(H,30,31)/t20-/m0/s1. The van der Waals surface area contributed by atoms with Crippen LogP contribution in [0.15, 0.2) is 67.0 Å². The second kappa shape index (κ2) is 10.6. The molecule has 7 heteroatoms. The molecule has 1 saturated heterocycles. The first kappa shape index (κ1) is 22.9. The van der Waals surface area contributed by atoms with Crippen LogP contribution in [0.3, 0.4) is 0 Å². The van der Waals surface area contributed by atoms with Gasteiger partial charge in [-0.25, -0.2) is 4.98 Å². The average molecular weight is 471 g/mol. The Balaban J connectivity index is 1.23. The summed E-state index contributed by atoms with van der Waals surface area (Å²) in [4.78, 5) is 27.6. The monoisotopic (exact) mass is 470 g/mol. The van der Waals surface area contributed by atoms with Crippen LogP contribution in [0.1, 0.15) is 41.0 Å². The Morgan fingerprint density at radius 2 is 2.00 bits per heavy atom. The van der Waals surface area contributed by atoms with Crippen LogP contribution in [0.2, 0.25) is 0 Å². The van der Waals surface area contributed by atoms with Crippen molar-refractivity contribution in [2.24, 2.45) is 5.92 Å². The van der Waals surface area contributed by atoms with Gasteiger partial charge in [0.05, 0.1) is 12.8 Å². The minimum atomic E-state index is 0.0296. The predicted octanol–water partition coefficient (Wildman–Crippen LogP) is 5.03. The molecule has 1 atom stereocenters. The van der Waals surface area contributed by atoms with Gasteiger partial charge in [-0.1, -0.05) is 6.07 Å². The van der Waals surface area contributed by atoms with E-state index < -0.39 is 0 Å². The molecule has 1 N–H and O–H groups in total. The predicted molar refractivity (Wildman–Crippen MR) is 135 cm³/mol. The van der Waals surface area contributed by atoms with Crippen LogP contribution in [0.4, 0.5) is 0 Å². The van der Waals surface area contributed by atoms with Crippen molar-refractivity contribution in [1.82, 2.24) is 19.9 Å². The van der Waals surface area contributed by atoms with Crippen LogP contribution in [0.25, 0.3) is 11.0 Å². The van der Waals surface area contributed by atoms with Gasteiger partial charge in [0.25, 0.3) is 5.91 Å². The number of likely N-dealkylation sites (tertiary alicyclic amines) is 1. The number of carbonyl (C=O) groups is 1. The number of nitrogens with zero attached hydrogens (tertiary/aromatic N) is 3. The summed E-state index contributed by atoms with van der Waals surface area (Å²) in [7, 11) is 1.60. The lowest BCUT2D eigenvalue weighted by atomic mass is 9.95. The highest BCUT2D eigenvalue weighted by Gasteiger charge is 2.23. The van der Waals surface area contributed by atoms with Crippen molar-refractivity contribution in [2.45, 2.75) is 32.3 Å². The fourth-order valence-electron chi connectivity index (χ4n) is 4.69. The average Bonchev–Trinajstić information content (AvgIpc) is 3.25. The van der Waals surface area contributed by atoms with Crippen molar-refractivity contribution in [3.8, 4) is 11.5 Å². The van der Waals surface area contributed by atoms with Crippen molar-refractivity contribution < 1.29 is 14.3 Å². The van der Waals surface area contributed by atoms with Crippen molar-refractivity contribution in [2.75, 3.05) is 20.2 Å². The highest BCUT2D eigenvalue weighted by molar-refractivity contribution is 5.95. The summed E-state index contributed by atoms with van der Waals surface area (Å²) in [5.74, 6) is 1.69. The third-order valence-corrected chi connectivity index (χ3v) is 6.61. The number of nitrogens with one attached hydrogen (secondary N) is 1. The van der Waals surface area contributed by atoms with E-state index in [1.165, 1.54) is 0 Å². The number of H-pyrrole nitrogens is 1. The zero-order valence-electron chi connectivity index (χ0n) is 19.9. The molecule has 1 aliphatic heterocycles. The largest absolute Gasteiger partial charge is 0.493 e. The molecule has 0 radical (unpaired) electrons. The second-order valence-electron chi connectivity index (χ2n) is 8.99. The number of carbonyl (C=O) groups excluding carboxylic acids is 1. The van der Waals surface area contributed by atoms with Gasteiger partial charge >= 0.3 is 0 Å². The highest BCUT2D eigenvalue weighted by Crippen LogP contribution is 2.30. The van der Waals surface area contributed by atoms with Crippen LogP contribution in [-0.4, -0.2) is 46.0 Å². The molecule has 0 aliphatic carbocycles. The van der Waals surface area contributed by atoms with E-state index in [9.17, 15) is 4.79 Å². The van der Waals surface area contributed by atoms with E-state index in [0.29, 0.717) is 29.6 Å². The first-order valence-electron chi connectivity index (χ1n) is 12.1. The number of amides is 1. The number of aromatic nitrogens is 3. The van der Waals surface area contributed by atoms with Gasteiger partial charge < -0.3 is 19.4 Å². The summed E-state index contributed by atoms with van der Waals surface area (Å²) in [6.07, 6.45) is 7.64. The molecular formula is C28H30N4O3. The van der Waals surface area contributed by atoms with E-state index in [4.69, 9.17) is 14.5 Å². The van der Waals surface area contributed by atoms with Gasteiger partial charge in [0.1, 0.15) is 12.3 Å². The molecule has 3 aromatic heterocycles. The molecule has 0 bridgehead atoms. The molecule has 0 unspecified atom stereocenters. The lowest BCUT2D eigenvalue weighted by Gasteiger charge is -2.21. The summed E-state index contributed by atoms with van der Waals surface area (Å²) in [5, 5.41) is 1.13. The maximum atomic E-state index is 13.4. The van der Waals surface area contributed by atoms with E-state index in [1.54, 1.807) is 25.4 Å². The quantitative estimate of drug-likeness (QED) is 0.410. The third-order valence-electron chi connectivity index (χ3n) is 6.61. The van der Waals surface area contributed by atoms with Gasteiger partial charge in [-0.3, -0.25) is 9.78 Å². The van der Waals surface area contributed by atoms with Crippen LogP contribution in [-0.2, 0) is 13.0 Å². The number of rotatable bonds is 7. The number of aromatic amines is 1. The molecule has 1 aliphatic rings. The van der Waals surface area contributed by atoms with Crippen LogP contribution < -0.4 is 9.47 Å². The molecule has 0 saturated carbocycles. The fraction of sp³-hybridized carbons (Fsp3) is 0.321. The van der Waals surface area contributed by atoms with Gasteiger partial charge in [-0.15, -0.1) is 0 Å². The molecule has 1 amide bonds. The molecule has 7 nitrogen and oxygen atoms in total. The Hall–Kier alpha value is -3.87. The summed E-state index contributed by atoms with van der Waals surface area (Å²) < 4.78 is 11.4. The second-order valence-corrected chi connectivity index (χ2v) is 8.99. The highest BCUT2D eigenvalue weighted by atomic mass is 16.5. The fourth-order valence-corrected chi connectivity index (χ4v) is 4.69. The number of methoxy groups -OCH3 is 1. The van der Waals surface area contributed by atoms with Crippen LogP contribution in [0, 0.1) is 5.92 Å². The number of pyridine rings is 2. The maximum absolute atomic E-state index is 13.4. The first-order valence-corrected chi connectivity index (χ1v) is 12.1. The molecule has 0 spiro atoms. The number of fused-ring (bicyclic) bond motifs is 1. The number of hydrogen-bond acceptors (Lipinski definition) is 5. The minimum Gasteiger partial charge on any atom is -0.493 e. The summed E-state index contributed by atoms with van der Waals surface area (Å²) in [6.45, 7) is 1.81. The number of ether oxygens (including phenoxy) is 2. The van der Waals surface area contributed by atoms with Crippen molar-refractivity contribution in [3.63, 3.8) is 0 Å². The van der Waals surface area contributed by atoms with Gasteiger partial charge in [-0.05, 0) is 80.1 Å². The molecule has 1 aromatic carbocycles. The van der Waals surface area contributed by atoms with Gasteiger partial charge in [0.2, 0.25) is 0 Å². The molecule has 1 fully saturated rings.